The summed E-state index contributed by atoms with van der Waals surface area (Å²) in [5.74, 6) is 5.65. The van der Waals surface area contributed by atoms with E-state index in [2.05, 4.69) is 65.5 Å². The molecule has 358 valence electrons. The summed E-state index contributed by atoms with van der Waals surface area (Å²) in [6, 6.07) is 4.14. The van der Waals surface area contributed by atoms with Gasteiger partial charge in [0.2, 0.25) is 24.5 Å². The van der Waals surface area contributed by atoms with Crippen LogP contribution in [0.5, 0.6) is 5.75 Å². The molecule has 2 heterocycles. The molecule has 0 spiro atoms. The molecule has 17 heteroatoms. The summed E-state index contributed by atoms with van der Waals surface area (Å²) < 4.78 is 22.4. The third-order valence-corrected chi connectivity index (χ3v) is 9.84. The number of aliphatic hydroxyl groups excluding tert-OH is 1. The fourth-order valence-corrected chi connectivity index (χ4v) is 5.30. The molecule has 1 aliphatic heterocycles. The normalized spacial score (nSPS) is 16.2. The van der Waals surface area contributed by atoms with E-state index in [1.165, 1.54) is 31.0 Å². The molecule has 3 rings (SSSR count). The fourth-order valence-electron chi connectivity index (χ4n) is 5.30. The van der Waals surface area contributed by atoms with Gasteiger partial charge in [-0.25, -0.2) is 9.97 Å². The Morgan fingerprint density at radius 2 is 1.70 bits per heavy atom. The number of nitrogens with zero attached hydrogens (tertiary/aromatic N) is 3. The number of ether oxygens (including phenoxy) is 4. The molecule has 4 atom stereocenters. The minimum absolute atomic E-state index is 0.0172. The highest BCUT2D eigenvalue weighted by Crippen LogP contribution is 2.34. The quantitative estimate of drug-likeness (QED) is 0.0246. The monoisotopic (exact) mass is 899 g/mol. The van der Waals surface area contributed by atoms with Crippen molar-refractivity contribution in [3.8, 4) is 17.6 Å². The number of unbranched alkanes of at least 4 members (excludes halogenated alkanes) is 2. The number of aliphatic hydroxyl groups is 1. The molecule has 4 unspecified atom stereocenters. The predicted octanol–water partition coefficient (Wildman–Crippen LogP) is 6.53. The van der Waals surface area contributed by atoms with Gasteiger partial charge in [-0.3, -0.25) is 29.3 Å². The number of nitro benzene ring substituents is 1. The van der Waals surface area contributed by atoms with Crippen molar-refractivity contribution in [1.82, 2.24) is 25.9 Å². The van der Waals surface area contributed by atoms with Crippen molar-refractivity contribution in [2.75, 3.05) is 32.8 Å². The first kappa shape index (κ1) is 56.8. The van der Waals surface area contributed by atoms with Gasteiger partial charge in [-0.05, 0) is 44.1 Å². The molecule has 0 bridgehead atoms. The summed E-state index contributed by atoms with van der Waals surface area (Å²) in [6.45, 7) is 23.5. The number of amides is 3. The lowest BCUT2D eigenvalue weighted by molar-refractivity contribution is -0.386. The molecular weight excluding hydrogens is 825 g/mol. The Labute approximate surface area is 380 Å². The van der Waals surface area contributed by atoms with E-state index in [4.69, 9.17) is 18.9 Å². The smallest absolute Gasteiger partial charge is 0.311 e. The van der Waals surface area contributed by atoms with Gasteiger partial charge in [-0.15, -0.1) is 0 Å². The number of esters is 1. The number of hydrogen-bond acceptors (Lipinski definition) is 13. The Hall–Kier alpha value is -5.18. The molecule has 1 saturated heterocycles. The number of benzene rings is 1. The number of carbonyl (C=O) groups excluding carboxylic acids is 4. The second kappa shape index (κ2) is 30.0. The van der Waals surface area contributed by atoms with Gasteiger partial charge in [0.15, 0.2) is 5.75 Å². The molecule has 1 aromatic carbocycles. The summed E-state index contributed by atoms with van der Waals surface area (Å²) in [5.41, 5.74) is 0.952. The molecule has 1 fully saturated rings. The third kappa shape index (κ3) is 23.5. The van der Waals surface area contributed by atoms with E-state index in [-0.39, 0.29) is 59.7 Å². The highest BCUT2D eigenvalue weighted by atomic mass is 16.7. The first-order valence-electron chi connectivity index (χ1n) is 22.3. The number of carbonyl (C=O) groups is 4. The second-order valence-electron chi connectivity index (χ2n) is 17.4. The Kier molecular flexibility index (Phi) is 26.7. The van der Waals surface area contributed by atoms with Gasteiger partial charge in [-0.2, -0.15) is 0 Å². The third-order valence-electron chi connectivity index (χ3n) is 9.84. The molecule has 0 saturated carbocycles. The van der Waals surface area contributed by atoms with Gasteiger partial charge in [0.1, 0.15) is 18.0 Å². The molecule has 64 heavy (non-hydrogen) atoms. The average molecular weight is 899 g/mol. The minimum atomic E-state index is -1.02. The van der Waals surface area contributed by atoms with Crippen LogP contribution in [0.1, 0.15) is 144 Å². The van der Waals surface area contributed by atoms with Crippen LogP contribution in [0, 0.1) is 38.7 Å². The number of rotatable bonds is 22. The van der Waals surface area contributed by atoms with Crippen molar-refractivity contribution in [1.29, 1.82) is 0 Å². The van der Waals surface area contributed by atoms with Crippen LogP contribution in [-0.2, 0) is 39.8 Å². The van der Waals surface area contributed by atoms with Crippen molar-refractivity contribution in [2.24, 2.45) is 16.7 Å². The maximum atomic E-state index is 12.1. The van der Waals surface area contributed by atoms with Crippen LogP contribution in [0.2, 0.25) is 0 Å². The summed E-state index contributed by atoms with van der Waals surface area (Å²) in [5, 5.41) is 29.5. The number of aryl methyl sites for hydroxylation is 1. The molecule has 17 nitrogen and oxygen atoms in total. The van der Waals surface area contributed by atoms with Crippen LogP contribution in [0.25, 0.3) is 0 Å². The summed E-state index contributed by atoms with van der Waals surface area (Å²) in [7, 11) is 0. The van der Waals surface area contributed by atoms with Crippen LogP contribution in [0.4, 0.5) is 5.69 Å². The van der Waals surface area contributed by atoms with E-state index in [0.29, 0.717) is 44.6 Å². The number of hydrogen-bond donors (Lipinski definition) is 4. The zero-order valence-electron chi connectivity index (χ0n) is 39.9. The van der Waals surface area contributed by atoms with E-state index >= 15 is 0 Å². The van der Waals surface area contributed by atoms with Crippen LogP contribution >= 0.6 is 0 Å². The largest absolute Gasteiger partial charge is 0.455 e. The minimum Gasteiger partial charge on any atom is -0.455 e. The summed E-state index contributed by atoms with van der Waals surface area (Å²) in [4.78, 5) is 64.6. The van der Waals surface area contributed by atoms with Crippen LogP contribution < -0.4 is 20.7 Å². The molecule has 0 aliphatic carbocycles. The average Bonchev–Trinajstić information content (AvgIpc) is 3.26. The SMILES string of the molecule is CCC(=O)NCC(OC(=O)C(C)C)c1ccc(OC2OC(C)CCC2O)c([N+](=O)[O-])c1.CCC(C)(C)COCC(C)(C)CNC(=O)CNC=O.CCCCC#Cc1cnc(CC)nc1. The van der Waals surface area contributed by atoms with Gasteiger partial charge in [-0.1, -0.05) is 93.6 Å². The zero-order chi connectivity index (χ0) is 48.3. The van der Waals surface area contributed by atoms with Crippen LogP contribution in [0.3, 0.4) is 0 Å². The van der Waals surface area contributed by atoms with Gasteiger partial charge in [0.25, 0.3) is 0 Å². The van der Waals surface area contributed by atoms with Gasteiger partial charge in [0.05, 0.1) is 48.8 Å². The lowest BCUT2D eigenvalue weighted by Crippen LogP contribution is -2.41. The van der Waals surface area contributed by atoms with E-state index in [0.717, 1.165) is 30.7 Å². The topological polar surface area (TPSA) is 230 Å². The first-order valence-corrected chi connectivity index (χ1v) is 22.3. The number of nitrogens with one attached hydrogen (secondary N) is 3. The predicted molar refractivity (Wildman–Crippen MR) is 244 cm³/mol. The van der Waals surface area contributed by atoms with E-state index in [1.807, 2.05) is 27.7 Å². The Bertz CT molecular complexity index is 1790. The van der Waals surface area contributed by atoms with Crippen molar-refractivity contribution >= 4 is 29.9 Å². The summed E-state index contributed by atoms with van der Waals surface area (Å²) in [6.07, 6.45) is 7.78. The van der Waals surface area contributed by atoms with Crippen molar-refractivity contribution in [2.45, 2.75) is 152 Å². The molecule has 4 N–H and O–H groups in total. The maximum Gasteiger partial charge on any atom is 0.311 e. The van der Waals surface area contributed by atoms with Crippen LogP contribution in [0.15, 0.2) is 30.6 Å². The highest BCUT2D eigenvalue weighted by Gasteiger charge is 2.32. The fraction of sp³-hybridized carbons (Fsp3) is 0.660. The van der Waals surface area contributed by atoms with Crippen molar-refractivity contribution in [3.05, 3.63) is 57.7 Å². The lowest BCUT2D eigenvalue weighted by atomic mass is 9.91. The second-order valence-corrected chi connectivity index (χ2v) is 17.4. The Morgan fingerprint density at radius 3 is 2.28 bits per heavy atom. The number of nitro groups is 1. The van der Waals surface area contributed by atoms with Gasteiger partial charge >= 0.3 is 11.7 Å². The van der Waals surface area contributed by atoms with E-state index < -0.39 is 35.3 Å². The van der Waals surface area contributed by atoms with E-state index in [9.17, 15) is 34.4 Å². The van der Waals surface area contributed by atoms with Crippen molar-refractivity contribution < 1.29 is 48.2 Å². The highest BCUT2D eigenvalue weighted by molar-refractivity contribution is 5.79. The molecule has 1 aromatic heterocycles. The molecule has 0 radical (unpaired) electrons. The van der Waals surface area contributed by atoms with Gasteiger partial charge < -0.3 is 40.0 Å². The first-order chi connectivity index (χ1) is 30.2. The zero-order valence-corrected chi connectivity index (χ0v) is 39.9. The Morgan fingerprint density at radius 1 is 1.03 bits per heavy atom. The Balaban J connectivity index is 0.000000528. The lowest BCUT2D eigenvalue weighted by Gasteiger charge is -2.32. The number of aromatic nitrogens is 2. The molecule has 3 amide bonds. The van der Waals surface area contributed by atoms with Crippen LogP contribution in [-0.4, -0.2) is 95.5 Å². The van der Waals surface area contributed by atoms with Crippen molar-refractivity contribution in [3.63, 3.8) is 0 Å². The summed E-state index contributed by atoms with van der Waals surface area (Å²) >= 11 is 0. The molecule has 1 aliphatic rings. The standard InChI is InChI=1S/C21H30N2O8.C14H28N2O3.C12H16N2/c1-5-19(25)22-11-18(30-20(26)12(2)3)14-7-9-17(15(10-14)23(27)28)31-21-16(24)8-6-13(4)29-21;1-6-13(2,3)9-19-10-14(4,5)8-16-12(18)7-15-11-17;1-3-5-6-7-8-11-9-13-12(4-2)14-10-11/h7,9-10,12-13,16,18,21,24H,5-6,8,11H2,1-4H3,(H,22,25);11H,6-10H2,1-5H3,(H,15,17)(H,16,18);9-10H,3-6H2,1-2H3. The molecule has 2 aromatic rings. The van der Waals surface area contributed by atoms with E-state index in [1.54, 1.807) is 33.2 Å². The maximum absolute atomic E-state index is 12.1. The molecular formula is C47H74N6O11. The van der Waals surface area contributed by atoms with Gasteiger partial charge in [0, 0.05) is 55.2 Å².